The molecule has 0 bridgehead atoms. The van der Waals surface area contributed by atoms with Crippen molar-refractivity contribution in [3.63, 3.8) is 0 Å². The van der Waals surface area contributed by atoms with Gasteiger partial charge in [-0.1, -0.05) is 30.3 Å². The number of carbonyl (C=O) groups is 4. The van der Waals surface area contributed by atoms with E-state index in [4.69, 9.17) is 4.74 Å². The van der Waals surface area contributed by atoms with Crippen molar-refractivity contribution in [1.82, 2.24) is 10.6 Å². The molecule has 0 heterocycles. The molecule has 0 fully saturated rings. The fraction of sp³-hybridized carbons (Fsp3) is 0.200. The van der Waals surface area contributed by atoms with Gasteiger partial charge in [-0.25, -0.2) is 9.59 Å². The number of amides is 4. The van der Waals surface area contributed by atoms with Crippen molar-refractivity contribution in [2.45, 2.75) is 13.0 Å². The first kappa shape index (κ1) is 20.6. The Labute approximate surface area is 162 Å². The number of anilines is 1. The van der Waals surface area contributed by atoms with E-state index in [0.29, 0.717) is 5.69 Å². The van der Waals surface area contributed by atoms with E-state index in [1.54, 1.807) is 43.4 Å². The average molecular weight is 383 g/mol. The number of benzene rings is 2. The van der Waals surface area contributed by atoms with Crippen LogP contribution in [-0.2, 0) is 9.53 Å². The van der Waals surface area contributed by atoms with Gasteiger partial charge in [0, 0.05) is 19.8 Å². The molecule has 0 saturated heterocycles. The third-order valence-electron chi connectivity index (χ3n) is 3.94. The summed E-state index contributed by atoms with van der Waals surface area (Å²) in [7, 11) is 2.95. The van der Waals surface area contributed by atoms with Crippen molar-refractivity contribution < 1.29 is 23.9 Å². The van der Waals surface area contributed by atoms with Gasteiger partial charge in [-0.05, 0) is 31.2 Å². The molecule has 2 N–H and O–H groups in total. The number of ether oxygens (including phenoxy) is 1. The highest BCUT2D eigenvalue weighted by atomic mass is 16.5. The van der Waals surface area contributed by atoms with Gasteiger partial charge in [-0.2, -0.15) is 0 Å². The summed E-state index contributed by atoms with van der Waals surface area (Å²) in [5, 5.41) is 4.25. The van der Waals surface area contributed by atoms with Crippen LogP contribution in [0, 0.1) is 0 Å². The van der Waals surface area contributed by atoms with Gasteiger partial charge >= 0.3 is 12.0 Å². The maximum absolute atomic E-state index is 12.9. The molecule has 0 radical (unpaired) electrons. The summed E-state index contributed by atoms with van der Waals surface area (Å²) in [6.45, 7) is 1.33. The van der Waals surface area contributed by atoms with Crippen LogP contribution < -0.4 is 15.5 Å². The number of hydrogen-bond acceptors (Lipinski definition) is 5. The lowest BCUT2D eigenvalue weighted by molar-refractivity contribution is -0.127. The zero-order valence-electron chi connectivity index (χ0n) is 15.8. The van der Waals surface area contributed by atoms with Crippen LogP contribution in [-0.4, -0.2) is 44.0 Å². The molecule has 0 aliphatic heterocycles. The zero-order valence-corrected chi connectivity index (χ0v) is 15.8. The van der Waals surface area contributed by atoms with Crippen molar-refractivity contribution in [3.8, 4) is 0 Å². The Balaban J connectivity index is 2.19. The predicted octanol–water partition coefficient (Wildman–Crippen LogP) is 1.96. The van der Waals surface area contributed by atoms with Crippen LogP contribution in [0.4, 0.5) is 10.5 Å². The Bertz CT molecular complexity index is 882. The Kier molecular flexibility index (Phi) is 6.86. The average Bonchev–Trinajstić information content (AvgIpc) is 2.72. The maximum Gasteiger partial charge on any atom is 0.339 e. The number of carbonyl (C=O) groups excluding carboxylic acids is 4. The Morgan fingerprint density at radius 2 is 1.50 bits per heavy atom. The highest BCUT2D eigenvalue weighted by Crippen LogP contribution is 2.18. The SMILES string of the molecule is CNC(=O)NC(=O)[C@@H](C)OC(=O)c1ccccc1C(=O)N(C)c1ccccc1. The topological polar surface area (TPSA) is 105 Å². The van der Waals surface area contributed by atoms with Gasteiger partial charge in [0.1, 0.15) is 0 Å². The van der Waals surface area contributed by atoms with Crippen molar-refractivity contribution in [1.29, 1.82) is 0 Å². The number of nitrogens with zero attached hydrogens (tertiary/aromatic N) is 1. The molecule has 146 valence electrons. The Morgan fingerprint density at radius 1 is 0.929 bits per heavy atom. The second-order valence-electron chi connectivity index (χ2n) is 5.86. The molecule has 2 aromatic carbocycles. The minimum Gasteiger partial charge on any atom is -0.449 e. The third kappa shape index (κ3) is 4.94. The van der Waals surface area contributed by atoms with Crippen LogP contribution in [0.1, 0.15) is 27.6 Å². The molecule has 1 atom stereocenters. The molecule has 0 saturated carbocycles. The molecule has 0 spiro atoms. The van der Waals surface area contributed by atoms with E-state index in [0.717, 1.165) is 0 Å². The lowest BCUT2D eigenvalue weighted by Crippen LogP contribution is -2.43. The fourth-order valence-corrected chi connectivity index (χ4v) is 2.35. The van der Waals surface area contributed by atoms with E-state index in [2.05, 4.69) is 5.32 Å². The van der Waals surface area contributed by atoms with Crippen LogP contribution in [0.5, 0.6) is 0 Å². The summed E-state index contributed by atoms with van der Waals surface area (Å²) in [6, 6.07) is 14.4. The summed E-state index contributed by atoms with van der Waals surface area (Å²) < 4.78 is 5.12. The fourth-order valence-electron chi connectivity index (χ4n) is 2.35. The monoisotopic (exact) mass is 383 g/mol. The molecule has 0 aliphatic carbocycles. The third-order valence-corrected chi connectivity index (χ3v) is 3.94. The molecule has 0 aliphatic rings. The summed E-state index contributed by atoms with van der Waals surface area (Å²) in [5.41, 5.74) is 0.821. The first-order valence-electron chi connectivity index (χ1n) is 8.50. The normalized spacial score (nSPS) is 11.1. The summed E-state index contributed by atoms with van der Waals surface area (Å²) in [5.74, 6) is -2.02. The number of hydrogen-bond donors (Lipinski definition) is 2. The van der Waals surface area contributed by atoms with Gasteiger partial charge in [-0.3, -0.25) is 14.9 Å². The zero-order chi connectivity index (χ0) is 20.7. The molecule has 28 heavy (non-hydrogen) atoms. The van der Waals surface area contributed by atoms with E-state index in [-0.39, 0.29) is 11.1 Å². The first-order chi connectivity index (χ1) is 13.3. The van der Waals surface area contributed by atoms with Crippen LogP contribution in [0.3, 0.4) is 0 Å². The van der Waals surface area contributed by atoms with E-state index >= 15 is 0 Å². The maximum atomic E-state index is 12.9. The molecular formula is C20H21N3O5. The highest BCUT2D eigenvalue weighted by molar-refractivity contribution is 6.12. The summed E-state index contributed by atoms with van der Waals surface area (Å²) in [4.78, 5) is 49.9. The number of imide groups is 1. The second-order valence-corrected chi connectivity index (χ2v) is 5.86. The van der Waals surface area contributed by atoms with Gasteiger partial charge in [-0.15, -0.1) is 0 Å². The smallest absolute Gasteiger partial charge is 0.339 e. The molecular weight excluding hydrogens is 362 g/mol. The largest absolute Gasteiger partial charge is 0.449 e. The van der Waals surface area contributed by atoms with Crippen LogP contribution >= 0.6 is 0 Å². The standard InChI is InChI=1S/C20H21N3O5/c1-13(17(24)22-20(27)21-2)28-19(26)16-12-8-7-11-15(16)18(25)23(3)14-9-5-4-6-10-14/h4-13H,1-3H3,(H2,21,22,24,27)/t13-/m1/s1. The number of rotatable bonds is 5. The van der Waals surface area contributed by atoms with Gasteiger partial charge in [0.15, 0.2) is 6.10 Å². The van der Waals surface area contributed by atoms with Crippen LogP contribution in [0.2, 0.25) is 0 Å². The molecule has 8 nitrogen and oxygen atoms in total. The first-order valence-corrected chi connectivity index (χ1v) is 8.50. The van der Waals surface area contributed by atoms with Crippen molar-refractivity contribution in [2.24, 2.45) is 0 Å². The van der Waals surface area contributed by atoms with Gasteiger partial charge in [0.2, 0.25) is 0 Å². The lowest BCUT2D eigenvalue weighted by atomic mass is 10.1. The van der Waals surface area contributed by atoms with Gasteiger partial charge in [0.25, 0.3) is 11.8 Å². The number of urea groups is 1. The molecule has 0 aromatic heterocycles. The van der Waals surface area contributed by atoms with Gasteiger partial charge < -0.3 is 15.0 Å². The van der Waals surface area contributed by atoms with Crippen molar-refractivity contribution in [2.75, 3.05) is 19.0 Å². The number of nitrogens with one attached hydrogen (secondary N) is 2. The van der Waals surface area contributed by atoms with E-state index in [1.165, 1.54) is 31.0 Å². The van der Waals surface area contributed by atoms with Crippen molar-refractivity contribution in [3.05, 3.63) is 65.7 Å². The van der Waals surface area contributed by atoms with Crippen molar-refractivity contribution >= 4 is 29.5 Å². The minimum absolute atomic E-state index is 0.0230. The summed E-state index contributed by atoms with van der Waals surface area (Å²) >= 11 is 0. The quantitative estimate of drug-likeness (QED) is 0.768. The number of para-hydroxylation sites is 1. The van der Waals surface area contributed by atoms with Crippen LogP contribution in [0.15, 0.2) is 54.6 Å². The Morgan fingerprint density at radius 3 is 2.11 bits per heavy atom. The molecule has 2 rings (SSSR count). The molecule has 8 heteroatoms. The van der Waals surface area contributed by atoms with Gasteiger partial charge in [0.05, 0.1) is 11.1 Å². The minimum atomic E-state index is -1.22. The van der Waals surface area contributed by atoms with E-state index < -0.39 is 29.9 Å². The predicted molar refractivity (Wildman–Crippen MR) is 103 cm³/mol. The van der Waals surface area contributed by atoms with E-state index in [1.807, 2.05) is 11.4 Å². The molecule has 4 amide bonds. The Hall–Kier alpha value is -3.68. The molecule has 2 aromatic rings. The lowest BCUT2D eigenvalue weighted by Gasteiger charge is -2.19. The highest BCUT2D eigenvalue weighted by Gasteiger charge is 2.25. The van der Waals surface area contributed by atoms with E-state index in [9.17, 15) is 19.2 Å². The molecule has 0 unspecified atom stereocenters. The second kappa shape index (κ2) is 9.31. The van der Waals surface area contributed by atoms with Crippen LogP contribution in [0.25, 0.3) is 0 Å². The summed E-state index contributed by atoms with van der Waals surface area (Å²) in [6.07, 6.45) is -1.22. The number of esters is 1.